The van der Waals surface area contributed by atoms with Crippen molar-refractivity contribution < 1.29 is 4.39 Å². The van der Waals surface area contributed by atoms with Gasteiger partial charge < -0.3 is 5.73 Å². The summed E-state index contributed by atoms with van der Waals surface area (Å²) < 4.78 is 15.4. The Bertz CT molecular complexity index is 565. The zero-order valence-corrected chi connectivity index (χ0v) is 10.5. The van der Waals surface area contributed by atoms with Gasteiger partial charge in [0.2, 0.25) is 5.95 Å². The second-order valence-corrected chi connectivity index (χ2v) is 5.26. The number of hydrogen-bond donors (Lipinski definition) is 1. The van der Waals surface area contributed by atoms with E-state index in [0.717, 1.165) is 18.0 Å². The molecule has 4 nitrogen and oxygen atoms in total. The first kappa shape index (κ1) is 11.5. The summed E-state index contributed by atoms with van der Waals surface area (Å²) in [5.74, 6) is 0.807. The monoisotopic (exact) mass is 264 g/mol. The molecule has 1 aromatic heterocycles. The van der Waals surface area contributed by atoms with Crippen LogP contribution in [0, 0.1) is 5.82 Å². The van der Waals surface area contributed by atoms with Crippen LogP contribution in [0.1, 0.15) is 24.4 Å². The fraction of sp³-hybridized carbons (Fsp3) is 0.333. The van der Waals surface area contributed by atoms with E-state index in [0.29, 0.717) is 23.3 Å². The number of nitrogens with two attached hydrogens (primary N) is 1. The van der Waals surface area contributed by atoms with Crippen LogP contribution in [0.2, 0.25) is 0 Å². The molecule has 1 aromatic carbocycles. The molecule has 1 fully saturated rings. The van der Waals surface area contributed by atoms with Crippen LogP contribution in [0.5, 0.6) is 0 Å². The van der Waals surface area contributed by atoms with E-state index in [4.69, 9.17) is 5.73 Å². The summed E-state index contributed by atoms with van der Waals surface area (Å²) in [6.07, 6.45) is 2.24. The molecule has 0 aliphatic heterocycles. The third-order valence-electron chi connectivity index (χ3n) is 2.92. The van der Waals surface area contributed by atoms with Crippen LogP contribution in [0.15, 0.2) is 29.4 Å². The molecule has 94 valence electrons. The molecule has 0 saturated heterocycles. The Morgan fingerprint density at radius 1 is 1.33 bits per heavy atom. The Labute approximate surface area is 108 Å². The van der Waals surface area contributed by atoms with Gasteiger partial charge in [-0.25, -0.2) is 4.39 Å². The predicted molar refractivity (Wildman–Crippen MR) is 68.7 cm³/mol. The molecule has 0 amide bonds. The zero-order chi connectivity index (χ0) is 12.5. The average Bonchev–Trinajstić information content (AvgIpc) is 3.13. The van der Waals surface area contributed by atoms with Gasteiger partial charge in [0.25, 0.3) is 0 Å². The van der Waals surface area contributed by atoms with Crippen LogP contribution in [-0.4, -0.2) is 14.8 Å². The maximum atomic E-state index is 13.5. The number of rotatable bonds is 4. The van der Waals surface area contributed by atoms with Gasteiger partial charge in [0, 0.05) is 11.8 Å². The van der Waals surface area contributed by atoms with Crippen LogP contribution in [-0.2, 0) is 5.75 Å². The number of nitrogens with zero attached hydrogens (tertiary/aromatic N) is 3. The molecule has 3 rings (SSSR count). The molecule has 0 radical (unpaired) electrons. The summed E-state index contributed by atoms with van der Waals surface area (Å²) in [5.41, 5.74) is 6.46. The number of anilines is 1. The number of benzene rings is 1. The number of halogens is 1. The molecule has 0 spiro atoms. The number of nitrogen functional groups attached to an aromatic ring is 1. The Balaban J connectivity index is 1.76. The molecule has 0 bridgehead atoms. The van der Waals surface area contributed by atoms with Gasteiger partial charge in [0.05, 0.1) is 0 Å². The third-order valence-corrected chi connectivity index (χ3v) is 3.91. The summed E-state index contributed by atoms with van der Waals surface area (Å²) in [4.78, 5) is 0. The van der Waals surface area contributed by atoms with Crippen LogP contribution in [0.3, 0.4) is 0 Å². The maximum Gasteiger partial charge on any atom is 0.222 e. The smallest absolute Gasteiger partial charge is 0.222 e. The first-order valence-corrected chi connectivity index (χ1v) is 6.81. The van der Waals surface area contributed by atoms with Gasteiger partial charge in [-0.1, -0.05) is 30.0 Å². The van der Waals surface area contributed by atoms with Gasteiger partial charge >= 0.3 is 0 Å². The van der Waals surface area contributed by atoms with Crippen LogP contribution >= 0.6 is 11.8 Å². The first-order chi connectivity index (χ1) is 8.75. The molecule has 1 aliphatic carbocycles. The Morgan fingerprint density at radius 2 is 2.11 bits per heavy atom. The summed E-state index contributed by atoms with van der Waals surface area (Å²) >= 11 is 1.47. The zero-order valence-electron chi connectivity index (χ0n) is 9.71. The molecule has 0 unspecified atom stereocenters. The molecule has 1 saturated carbocycles. The summed E-state index contributed by atoms with van der Waals surface area (Å²) in [6, 6.07) is 7.20. The minimum absolute atomic E-state index is 0.185. The van der Waals surface area contributed by atoms with E-state index in [9.17, 15) is 4.39 Å². The fourth-order valence-corrected chi connectivity index (χ4v) is 2.82. The van der Waals surface area contributed by atoms with Gasteiger partial charge in [0.1, 0.15) is 5.82 Å². The summed E-state index contributed by atoms with van der Waals surface area (Å²) in [5, 5.41) is 8.72. The van der Waals surface area contributed by atoms with E-state index in [2.05, 4.69) is 10.2 Å². The minimum atomic E-state index is -0.185. The van der Waals surface area contributed by atoms with E-state index in [1.807, 2.05) is 10.6 Å². The Kier molecular flexibility index (Phi) is 2.95. The van der Waals surface area contributed by atoms with E-state index in [-0.39, 0.29) is 5.82 Å². The molecule has 2 aromatic rings. The van der Waals surface area contributed by atoms with Crippen molar-refractivity contribution in [3.05, 3.63) is 35.6 Å². The van der Waals surface area contributed by atoms with Crippen molar-refractivity contribution in [2.75, 3.05) is 5.73 Å². The fourth-order valence-electron chi connectivity index (χ4n) is 1.82. The molecule has 1 heterocycles. The lowest BCUT2D eigenvalue weighted by atomic mass is 10.2. The van der Waals surface area contributed by atoms with Gasteiger partial charge in [-0.3, -0.25) is 4.57 Å². The van der Waals surface area contributed by atoms with Crippen molar-refractivity contribution >= 4 is 17.7 Å². The largest absolute Gasteiger partial charge is 0.368 e. The molecule has 6 heteroatoms. The molecular formula is C12H13FN4S. The van der Waals surface area contributed by atoms with E-state index in [1.165, 1.54) is 17.8 Å². The molecular weight excluding hydrogens is 251 g/mol. The SMILES string of the molecule is Nc1nnc(SCc2ccccc2F)n1C1CC1. The lowest BCUT2D eigenvalue weighted by Gasteiger charge is -2.06. The van der Waals surface area contributed by atoms with Gasteiger partial charge in [-0.05, 0) is 24.5 Å². The van der Waals surface area contributed by atoms with Crippen LogP contribution in [0.25, 0.3) is 0 Å². The lowest BCUT2D eigenvalue weighted by molar-refractivity contribution is 0.617. The van der Waals surface area contributed by atoms with Crippen LogP contribution < -0.4 is 5.73 Å². The molecule has 1 aliphatic rings. The topological polar surface area (TPSA) is 56.7 Å². The minimum Gasteiger partial charge on any atom is -0.368 e. The highest BCUT2D eigenvalue weighted by Crippen LogP contribution is 2.39. The summed E-state index contributed by atoms with van der Waals surface area (Å²) in [6.45, 7) is 0. The molecule has 2 N–H and O–H groups in total. The van der Waals surface area contributed by atoms with Crippen molar-refractivity contribution in [2.45, 2.75) is 29.8 Å². The van der Waals surface area contributed by atoms with E-state index >= 15 is 0 Å². The second kappa shape index (κ2) is 4.61. The third kappa shape index (κ3) is 2.20. The number of aromatic nitrogens is 3. The van der Waals surface area contributed by atoms with Crippen molar-refractivity contribution in [3.63, 3.8) is 0 Å². The highest BCUT2D eigenvalue weighted by Gasteiger charge is 2.28. The highest BCUT2D eigenvalue weighted by molar-refractivity contribution is 7.98. The Hall–Kier alpha value is -1.56. The summed E-state index contributed by atoms with van der Waals surface area (Å²) in [7, 11) is 0. The van der Waals surface area contributed by atoms with Crippen molar-refractivity contribution in [1.82, 2.24) is 14.8 Å². The van der Waals surface area contributed by atoms with Crippen molar-refractivity contribution in [2.24, 2.45) is 0 Å². The van der Waals surface area contributed by atoms with Crippen molar-refractivity contribution in [3.8, 4) is 0 Å². The van der Waals surface area contributed by atoms with Gasteiger partial charge in [-0.15, -0.1) is 10.2 Å². The van der Waals surface area contributed by atoms with E-state index < -0.39 is 0 Å². The maximum absolute atomic E-state index is 13.5. The standard InChI is InChI=1S/C12H13FN4S/c13-10-4-2-1-3-8(10)7-18-12-16-15-11(14)17(12)9-5-6-9/h1-4,9H,5-7H2,(H2,14,15). The molecule has 18 heavy (non-hydrogen) atoms. The van der Waals surface area contributed by atoms with Gasteiger partial charge in [0.15, 0.2) is 5.16 Å². The van der Waals surface area contributed by atoms with Crippen molar-refractivity contribution in [1.29, 1.82) is 0 Å². The van der Waals surface area contributed by atoms with E-state index in [1.54, 1.807) is 12.1 Å². The number of thioether (sulfide) groups is 1. The first-order valence-electron chi connectivity index (χ1n) is 5.82. The number of hydrogen-bond acceptors (Lipinski definition) is 4. The average molecular weight is 264 g/mol. The predicted octanol–water partition coefficient (Wildman–Crippen LogP) is 2.63. The highest BCUT2D eigenvalue weighted by atomic mass is 32.2. The van der Waals surface area contributed by atoms with Gasteiger partial charge in [-0.2, -0.15) is 0 Å². The normalized spacial score (nSPS) is 14.9. The molecule has 0 atom stereocenters. The second-order valence-electron chi connectivity index (χ2n) is 4.32. The van der Waals surface area contributed by atoms with Crippen LogP contribution in [0.4, 0.5) is 10.3 Å². The quantitative estimate of drug-likeness (QED) is 0.862. The lowest BCUT2D eigenvalue weighted by Crippen LogP contribution is -2.02. The Morgan fingerprint density at radius 3 is 2.83 bits per heavy atom.